The summed E-state index contributed by atoms with van der Waals surface area (Å²) in [6.45, 7) is 6.58. The standard InChI is InChI=1S/C11H14O/c1-8-11(2,3)9-6-4-5-7-10(9)12-8/h4-8H,1-3H3. The van der Waals surface area contributed by atoms with Crippen molar-refractivity contribution in [2.75, 3.05) is 0 Å². The first-order valence-corrected chi connectivity index (χ1v) is 4.38. The third-order valence-corrected chi connectivity index (χ3v) is 2.90. The van der Waals surface area contributed by atoms with Gasteiger partial charge in [0.2, 0.25) is 0 Å². The average Bonchev–Trinajstić information content (AvgIpc) is 2.25. The molecule has 0 saturated carbocycles. The predicted octanol–water partition coefficient (Wildman–Crippen LogP) is 2.75. The van der Waals surface area contributed by atoms with Gasteiger partial charge in [0.1, 0.15) is 11.9 Å². The second-order valence-electron chi connectivity index (χ2n) is 3.98. The molecule has 0 amide bonds. The average molecular weight is 162 g/mol. The van der Waals surface area contributed by atoms with Crippen molar-refractivity contribution in [1.82, 2.24) is 0 Å². The minimum atomic E-state index is 0.163. The molecule has 1 atom stereocenters. The molecule has 2 rings (SSSR count). The summed E-state index contributed by atoms with van der Waals surface area (Å²) in [6.07, 6.45) is 0.287. The Labute approximate surface area is 73.4 Å². The van der Waals surface area contributed by atoms with Crippen molar-refractivity contribution < 1.29 is 4.74 Å². The minimum Gasteiger partial charge on any atom is -0.490 e. The zero-order chi connectivity index (χ0) is 8.77. The number of para-hydroxylation sites is 1. The molecule has 12 heavy (non-hydrogen) atoms. The van der Waals surface area contributed by atoms with Crippen LogP contribution in [-0.4, -0.2) is 6.10 Å². The lowest BCUT2D eigenvalue weighted by Crippen LogP contribution is -2.28. The Morgan fingerprint density at radius 2 is 1.92 bits per heavy atom. The summed E-state index contributed by atoms with van der Waals surface area (Å²) in [6, 6.07) is 8.29. The minimum absolute atomic E-state index is 0.163. The molecule has 1 heteroatoms. The molecule has 1 aromatic carbocycles. The van der Waals surface area contributed by atoms with E-state index in [2.05, 4.69) is 32.9 Å². The van der Waals surface area contributed by atoms with Crippen LogP contribution in [0.1, 0.15) is 26.3 Å². The van der Waals surface area contributed by atoms with E-state index >= 15 is 0 Å². The quantitative estimate of drug-likeness (QED) is 0.570. The zero-order valence-electron chi connectivity index (χ0n) is 7.79. The fraction of sp³-hybridized carbons (Fsp3) is 0.455. The van der Waals surface area contributed by atoms with E-state index in [1.165, 1.54) is 5.56 Å². The van der Waals surface area contributed by atoms with Gasteiger partial charge in [0.15, 0.2) is 0 Å². The molecule has 64 valence electrons. The highest BCUT2D eigenvalue weighted by molar-refractivity contribution is 5.43. The number of ether oxygens (including phenoxy) is 1. The van der Waals surface area contributed by atoms with E-state index in [1.807, 2.05) is 12.1 Å². The van der Waals surface area contributed by atoms with Gasteiger partial charge in [-0.25, -0.2) is 0 Å². The summed E-state index contributed by atoms with van der Waals surface area (Å²) in [4.78, 5) is 0. The van der Waals surface area contributed by atoms with Gasteiger partial charge in [0, 0.05) is 11.0 Å². The second-order valence-corrected chi connectivity index (χ2v) is 3.98. The third kappa shape index (κ3) is 0.857. The van der Waals surface area contributed by atoms with E-state index in [0.29, 0.717) is 0 Å². The highest BCUT2D eigenvalue weighted by Crippen LogP contribution is 2.41. The van der Waals surface area contributed by atoms with Gasteiger partial charge in [-0.2, -0.15) is 0 Å². The third-order valence-electron chi connectivity index (χ3n) is 2.90. The van der Waals surface area contributed by atoms with E-state index in [4.69, 9.17) is 4.74 Å². The number of rotatable bonds is 0. The Hall–Kier alpha value is -0.980. The molecule has 0 aromatic heterocycles. The van der Waals surface area contributed by atoms with Gasteiger partial charge in [0.05, 0.1) is 0 Å². The SMILES string of the molecule is CC1Oc2ccccc2C1(C)C. The summed E-state index contributed by atoms with van der Waals surface area (Å²) in [5.74, 6) is 1.05. The molecule has 0 aliphatic carbocycles. The van der Waals surface area contributed by atoms with Crippen molar-refractivity contribution in [3.63, 3.8) is 0 Å². The molecule has 1 aliphatic rings. The molecule has 0 N–H and O–H groups in total. The molecule has 0 spiro atoms. The van der Waals surface area contributed by atoms with Crippen LogP contribution in [0, 0.1) is 0 Å². The number of benzene rings is 1. The molecule has 0 bridgehead atoms. The first kappa shape index (κ1) is 7.66. The van der Waals surface area contributed by atoms with Crippen molar-refractivity contribution in [3.05, 3.63) is 29.8 Å². The van der Waals surface area contributed by atoms with Crippen LogP contribution in [0.3, 0.4) is 0 Å². The molecule has 1 heterocycles. The summed E-state index contributed by atoms with van der Waals surface area (Å²) in [5, 5.41) is 0. The van der Waals surface area contributed by atoms with Gasteiger partial charge in [-0.3, -0.25) is 0 Å². The van der Waals surface area contributed by atoms with E-state index in [1.54, 1.807) is 0 Å². The lowest BCUT2D eigenvalue weighted by Gasteiger charge is -2.21. The van der Waals surface area contributed by atoms with Crippen LogP contribution in [0.2, 0.25) is 0 Å². The topological polar surface area (TPSA) is 9.23 Å². The Balaban J connectivity index is 2.55. The molecule has 0 saturated heterocycles. The molecule has 0 fully saturated rings. The lowest BCUT2D eigenvalue weighted by atomic mass is 9.82. The molecular weight excluding hydrogens is 148 g/mol. The zero-order valence-corrected chi connectivity index (χ0v) is 7.79. The van der Waals surface area contributed by atoms with Gasteiger partial charge < -0.3 is 4.74 Å². The molecule has 1 unspecified atom stereocenters. The number of hydrogen-bond donors (Lipinski definition) is 0. The predicted molar refractivity (Wildman–Crippen MR) is 49.6 cm³/mol. The van der Waals surface area contributed by atoms with Crippen LogP contribution in [0.15, 0.2) is 24.3 Å². The van der Waals surface area contributed by atoms with E-state index in [9.17, 15) is 0 Å². The molecule has 1 aliphatic heterocycles. The smallest absolute Gasteiger partial charge is 0.123 e. The van der Waals surface area contributed by atoms with Crippen molar-refractivity contribution >= 4 is 0 Å². The van der Waals surface area contributed by atoms with Crippen molar-refractivity contribution in [3.8, 4) is 5.75 Å². The van der Waals surface area contributed by atoms with Crippen molar-refractivity contribution in [2.45, 2.75) is 32.3 Å². The Bertz CT molecular complexity index is 302. The number of hydrogen-bond acceptors (Lipinski definition) is 1. The van der Waals surface area contributed by atoms with E-state index < -0.39 is 0 Å². The summed E-state index contributed by atoms with van der Waals surface area (Å²) < 4.78 is 5.72. The second kappa shape index (κ2) is 2.25. The van der Waals surface area contributed by atoms with Gasteiger partial charge in [-0.05, 0) is 13.0 Å². The molecule has 0 radical (unpaired) electrons. The Kier molecular flexibility index (Phi) is 1.44. The van der Waals surface area contributed by atoms with Crippen molar-refractivity contribution in [2.24, 2.45) is 0 Å². The van der Waals surface area contributed by atoms with Crippen LogP contribution < -0.4 is 4.74 Å². The summed E-state index contributed by atoms with van der Waals surface area (Å²) in [5.41, 5.74) is 1.49. The van der Waals surface area contributed by atoms with Gasteiger partial charge >= 0.3 is 0 Å². The van der Waals surface area contributed by atoms with Crippen LogP contribution in [0.25, 0.3) is 0 Å². The highest BCUT2D eigenvalue weighted by atomic mass is 16.5. The van der Waals surface area contributed by atoms with Gasteiger partial charge in [-0.15, -0.1) is 0 Å². The van der Waals surface area contributed by atoms with E-state index in [0.717, 1.165) is 5.75 Å². The van der Waals surface area contributed by atoms with Crippen LogP contribution in [0.5, 0.6) is 5.75 Å². The molecule has 1 aromatic rings. The first-order valence-electron chi connectivity index (χ1n) is 4.38. The maximum absolute atomic E-state index is 5.72. The molecule has 1 nitrogen and oxygen atoms in total. The Morgan fingerprint density at radius 1 is 1.25 bits per heavy atom. The number of fused-ring (bicyclic) bond motifs is 1. The van der Waals surface area contributed by atoms with Crippen LogP contribution >= 0.6 is 0 Å². The van der Waals surface area contributed by atoms with Gasteiger partial charge in [-0.1, -0.05) is 32.0 Å². The molecular formula is C11H14O. The Morgan fingerprint density at radius 3 is 2.58 bits per heavy atom. The van der Waals surface area contributed by atoms with E-state index in [-0.39, 0.29) is 11.5 Å². The first-order chi connectivity index (χ1) is 5.62. The van der Waals surface area contributed by atoms with Gasteiger partial charge in [0.25, 0.3) is 0 Å². The lowest BCUT2D eigenvalue weighted by molar-refractivity contribution is 0.185. The monoisotopic (exact) mass is 162 g/mol. The highest BCUT2D eigenvalue weighted by Gasteiger charge is 2.37. The van der Waals surface area contributed by atoms with Crippen molar-refractivity contribution in [1.29, 1.82) is 0 Å². The maximum Gasteiger partial charge on any atom is 0.123 e. The maximum atomic E-state index is 5.72. The fourth-order valence-electron chi connectivity index (χ4n) is 1.66. The fourth-order valence-corrected chi connectivity index (χ4v) is 1.66. The van der Waals surface area contributed by atoms with Crippen LogP contribution in [-0.2, 0) is 5.41 Å². The largest absolute Gasteiger partial charge is 0.490 e. The summed E-state index contributed by atoms with van der Waals surface area (Å²) in [7, 11) is 0. The normalized spacial score (nSPS) is 24.8. The summed E-state index contributed by atoms with van der Waals surface area (Å²) >= 11 is 0. The van der Waals surface area contributed by atoms with Crippen LogP contribution in [0.4, 0.5) is 0 Å².